The summed E-state index contributed by atoms with van der Waals surface area (Å²) in [6.45, 7) is 7.01. The molecule has 0 amide bonds. The summed E-state index contributed by atoms with van der Waals surface area (Å²) in [6.07, 6.45) is 0.526. The van der Waals surface area contributed by atoms with Crippen molar-refractivity contribution in [2.24, 2.45) is 5.73 Å². The second-order valence-corrected chi connectivity index (χ2v) is 7.30. The largest absolute Gasteiger partial charge is 0.422 e. The third-order valence-electron chi connectivity index (χ3n) is 4.26. The molecule has 0 atom stereocenters. The van der Waals surface area contributed by atoms with Crippen molar-refractivity contribution in [1.29, 1.82) is 0 Å². The average Bonchev–Trinajstić information content (AvgIpc) is 2.55. The molecule has 0 radical (unpaired) electrons. The van der Waals surface area contributed by atoms with Gasteiger partial charge in [-0.2, -0.15) is 0 Å². The monoisotopic (exact) mass is 336 g/mol. The normalized spacial score (nSPS) is 11.7. The van der Waals surface area contributed by atoms with Crippen LogP contribution in [0.2, 0.25) is 0 Å². The van der Waals surface area contributed by atoms with Crippen LogP contribution in [0, 0.1) is 0 Å². The van der Waals surface area contributed by atoms with Crippen LogP contribution in [0.15, 0.2) is 57.7 Å². The first-order chi connectivity index (χ1) is 11.9. The average molecular weight is 336 g/mol. The SMILES string of the molecule is CC(C)(C)c1ccc(Nc2ccc3cc(CCN)c(=O)oc3c2)cc1. The van der Waals surface area contributed by atoms with Gasteiger partial charge in [-0.25, -0.2) is 4.79 Å². The summed E-state index contributed by atoms with van der Waals surface area (Å²) in [5.74, 6) is 0. The molecule has 130 valence electrons. The summed E-state index contributed by atoms with van der Waals surface area (Å²) in [7, 11) is 0. The van der Waals surface area contributed by atoms with Crippen LogP contribution in [0.4, 0.5) is 11.4 Å². The first-order valence-electron chi connectivity index (χ1n) is 8.51. The van der Waals surface area contributed by atoms with Crippen molar-refractivity contribution in [3.63, 3.8) is 0 Å². The molecule has 25 heavy (non-hydrogen) atoms. The number of hydrogen-bond acceptors (Lipinski definition) is 4. The molecular formula is C21H24N2O2. The molecule has 0 aliphatic carbocycles. The van der Waals surface area contributed by atoms with E-state index in [1.165, 1.54) is 5.56 Å². The lowest BCUT2D eigenvalue weighted by Gasteiger charge is -2.19. The van der Waals surface area contributed by atoms with E-state index < -0.39 is 0 Å². The number of nitrogens with one attached hydrogen (secondary N) is 1. The molecule has 0 spiro atoms. The highest BCUT2D eigenvalue weighted by Crippen LogP contribution is 2.26. The van der Waals surface area contributed by atoms with E-state index in [0.29, 0.717) is 24.1 Å². The van der Waals surface area contributed by atoms with Gasteiger partial charge in [-0.05, 0) is 54.3 Å². The number of benzene rings is 2. The number of hydrogen-bond donors (Lipinski definition) is 2. The first kappa shape index (κ1) is 17.2. The van der Waals surface area contributed by atoms with Gasteiger partial charge in [-0.15, -0.1) is 0 Å². The molecule has 1 aromatic heterocycles. The summed E-state index contributed by atoms with van der Waals surface area (Å²) >= 11 is 0. The molecule has 0 saturated heterocycles. The molecule has 3 N–H and O–H groups in total. The van der Waals surface area contributed by atoms with Gasteiger partial charge in [0.1, 0.15) is 5.58 Å². The Bertz CT molecular complexity index is 935. The topological polar surface area (TPSA) is 68.3 Å². The van der Waals surface area contributed by atoms with Gasteiger partial charge in [0.2, 0.25) is 0 Å². The lowest BCUT2D eigenvalue weighted by Crippen LogP contribution is -2.12. The lowest BCUT2D eigenvalue weighted by molar-refractivity contribution is 0.550. The predicted octanol–water partition coefficient (Wildman–Crippen LogP) is 4.34. The smallest absolute Gasteiger partial charge is 0.339 e. The second-order valence-electron chi connectivity index (χ2n) is 7.30. The molecule has 3 rings (SSSR count). The number of fused-ring (bicyclic) bond motifs is 1. The summed E-state index contributed by atoms with van der Waals surface area (Å²) in [5, 5.41) is 4.25. The Kier molecular flexibility index (Phi) is 4.64. The van der Waals surface area contributed by atoms with Crippen LogP contribution < -0.4 is 16.7 Å². The summed E-state index contributed by atoms with van der Waals surface area (Å²) in [6, 6.07) is 16.0. The van der Waals surface area contributed by atoms with Gasteiger partial charge in [0.05, 0.1) is 0 Å². The maximum absolute atomic E-state index is 12.0. The molecule has 0 unspecified atom stereocenters. The van der Waals surface area contributed by atoms with Gasteiger partial charge in [-0.1, -0.05) is 32.9 Å². The van der Waals surface area contributed by atoms with E-state index in [9.17, 15) is 4.79 Å². The second kappa shape index (κ2) is 6.73. The van der Waals surface area contributed by atoms with Crippen LogP contribution in [0.5, 0.6) is 0 Å². The van der Waals surface area contributed by atoms with Gasteiger partial charge < -0.3 is 15.5 Å². The minimum absolute atomic E-state index is 0.131. The van der Waals surface area contributed by atoms with Crippen molar-refractivity contribution in [2.75, 3.05) is 11.9 Å². The van der Waals surface area contributed by atoms with Crippen molar-refractivity contribution < 1.29 is 4.42 Å². The summed E-state index contributed by atoms with van der Waals surface area (Å²) in [5.41, 5.74) is 9.70. The number of rotatable bonds is 4. The minimum Gasteiger partial charge on any atom is -0.422 e. The minimum atomic E-state index is -0.315. The maximum Gasteiger partial charge on any atom is 0.339 e. The fourth-order valence-electron chi connectivity index (χ4n) is 2.78. The van der Waals surface area contributed by atoms with Crippen molar-refractivity contribution in [2.45, 2.75) is 32.6 Å². The molecule has 4 heteroatoms. The fourth-order valence-corrected chi connectivity index (χ4v) is 2.78. The van der Waals surface area contributed by atoms with E-state index >= 15 is 0 Å². The molecule has 0 saturated carbocycles. The number of anilines is 2. The maximum atomic E-state index is 12.0. The zero-order valence-corrected chi connectivity index (χ0v) is 14.9. The molecule has 2 aromatic carbocycles. The number of nitrogens with two attached hydrogens (primary N) is 1. The Balaban J connectivity index is 1.87. The third kappa shape index (κ3) is 3.91. The highest BCUT2D eigenvalue weighted by atomic mass is 16.4. The molecule has 1 heterocycles. The zero-order valence-electron chi connectivity index (χ0n) is 14.9. The van der Waals surface area contributed by atoms with E-state index in [1.54, 1.807) is 0 Å². The summed E-state index contributed by atoms with van der Waals surface area (Å²) < 4.78 is 5.44. The van der Waals surface area contributed by atoms with Crippen molar-refractivity contribution in [1.82, 2.24) is 0 Å². The Labute approximate surface area is 147 Å². The Morgan fingerprint density at radius 2 is 1.68 bits per heavy atom. The van der Waals surface area contributed by atoms with Gasteiger partial charge in [0.25, 0.3) is 0 Å². The molecule has 4 nitrogen and oxygen atoms in total. The van der Waals surface area contributed by atoms with E-state index in [-0.39, 0.29) is 11.0 Å². The van der Waals surface area contributed by atoms with Crippen LogP contribution in [-0.2, 0) is 11.8 Å². The van der Waals surface area contributed by atoms with Crippen molar-refractivity contribution >= 4 is 22.3 Å². The van der Waals surface area contributed by atoms with Crippen LogP contribution in [0.25, 0.3) is 11.0 Å². The van der Waals surface area contributed by atoms with Gasteiger partial charge >= 0.3 is 5.63 Å². The lowest BCUT2D eigenvalue weighted by atomic mass is 9.87. The molecule has 0 fully saturated rings. The van der Waals surface area contributed by atoms with Gasteiger partial charge in [-0.3, -0.25) is 0 Å². The Morgan fingerprint density at radius 3 is 2.32 bits per heavy atom. The highest BCUT2D eigenvalue weighted by Gasteiger charge is 2.13. The fraction of sp³-hybridized carbons (Fsp3) is 0.286. The predicted molar refractivity (Wildman–Crippen MR) is 104 cm³/mol. The molecule has 0 aliphatic heterocycles. The van der Waals surface area contributed by atoms with Crippen molar-refractivity contribution in [3.8, 4) is 0 Å². The first-order valence-corrected chi connectivity index (χ1v) is 8.51. The van der Waals surface area contributed by atoms with Crippen molar-refractivity contribution in [3.05, 3.63) is 70.1 Å². The van der Waals surface area contributed by atoms with Crippen LogP contribution in [0.3, 0.4) is 0 Å². The third-order valence-corrected chi connectivity index (χ3v) is 4.26. The van der Waals surface area contributed by atoms with Crippen LogP contribution in [-0.4, -0.2) is 6.54 Å². The quantitative estimate of drug-likeness (QED) is 0.696. The standard InChI is InChI=1S/C21H24N2O2/c1-21(2,3)16-5-8-17(9-6-16)23-18-7-4-14-12-15(10-11-22)20(24)25-19(14)13-18/h4-9,12-13,23H,10-11,22H2,1-3H3. The van der Waals surface area contributed by atoms with Crippen LogP contribution >= 0.6 is 0 Å². The Hall–Kier alpha value is -2.59. The molecule has 0 aliphatic rings. The van der Waals surface area contributed by atoms with E-state index in [2.05, 4.69) is 50.4 Å². The highest BCUT2D eigenvalue weighted by molar-refractivity contribution is 5.82. The van der Waals surface area contributed by atoms with Gasteiger partial charge in [0.15, 0.2) is 0 Å². The summed E-state index contributed by atoms with van der Waals surface area (Å²) in [4.78, 5) is 12.0. The molecule has 0 bridgehead atoms. The molecule has 3 aromatic rings. The molecular weight excluding hydrogens is 312 g/mol. The van der Waals surface area contributed by atoms with Gasteiger partial charge in [0, 0.05) is 28.4 Å². The Morgan fingerprint density at radius 1 is 1.00 bits per heavy atom. The van der Waals surface area contributed by atoms with E-state index in [0.717, 1.165) is 16.8 Å². The van der Waals surface area contributed by atoms with E-state index in [4.69, 9.17) is 10.2 Å². The van der Waals surface area contributed by atoms with E-state index in [1.807, 2.05) is 24.3 Å². The zero-order chi connectivity index (χ0) is 18.0. The van der Waals surface area contributed by atoms with Crippen LogP contribution in [0.1, 0.15) is 31.9 Å².